The molecule has 1 nitrogen and oxygen atoms in total. The van der Waals surface area contributed by atoms with Gasteiger partial charge in [-0.25, -0.2) is 8.78 Å². The predicted molar refractivity (Wildman–Crippen MR) is 117 cm³/mol. The molecule has 3 fully saturated rings. The molecule has 30 heavy (non-hydrogen) atoms. The van der Waals surface area contributed by atoms with E-state index in [1.165, 1.54) is 82.8 Å². The molecule has 6 atom stereocenters. The molecule has 3 aliphatic rings. The Labute approximate surface area is 181 Å². The Balaban J connectivity index is 1.35. The predicted octanol–water partition coefficient (Wildman–Crippen LogP) is 8.13. The summed E-state index contributed by atoms with van der Waals surface area (Å²) in [4.78, 5) is 0. The Hall–Kier alpha value is -1.43. The van der Waals surface area contributed by atoms with Crippen LogP contribution < -0.4 is 0 Å². The fourth-order valence-corrected chi connectivity index (χ4v) is 7.25. The van der Waals surface area contributed by atoms with Crippen LogP contribution in [0.1, 0.15) is 107 Å². The van der Waals surface area contributed by atoms with E-state index in [1.807, 2.05) is 0 Å². The summed E-state index contributed by atoms with van der Waals surface area (Å²) in [6.45, 7) is 2.28. The van der Waals surface area contributed by atoms with E-state index in [4.69, 9.17) is 5.26 Å². The van der Waals surface area contributed by atoms with Gasteiger partial charge in [-0.1, -0.05) is 45.4 Å². The molecule has 1 aromatic carbocycles. The Morgan fingerprint density at radius 1 is 0.867 bits per heavy atom. The highest BCUT2D eigenvalue weighted by Crippen LogP contribution is 2.55. The number of benzene rings is 1. The molecule has 0 N–H and O–H groups in total. The monoisotopic (exact) mass is 413 g/mol. The number of rotatable bonds is 6. The molecule has 164 valence electrons. The summed E-state index contributed by atoms with van der Waals surface area (Å²) in [5.74, 6) is 3.17. The Morgan fingerprint density at radius 3 is 2.20 bits per heavy atom. The van der Waals surface area contributed by atoms with Gasteiger partial charge in [0.25, 0.3) is 0 Å². The molecular formula is C27H37F2N. The number of unbranched alkanes of at least 4 members (excludes halogenated alkanes) is 3. The molecule has 1 unspecified atom stereocenters. The molecule has 0 amide bonds. The fourth-order valence-electron chi connectivity index (χ4n) is 7.25. The van der Waals surface area contributed by atoms with Crippen LogP contribution in [0.4, 0.5) is 8.78 Å². The lowest BCUT2D eigenvalue weighted by Gasteiger charge is -2.51. The van der Waals surface area contributed by atoms with Crippen LogP contribution in [-0.2, 0) is 0 Å². The van der Waals surface area contributed by atoms with Crippen LogP contribution in [0.15, 0.2) is 12.1 Å². The highest BCUT2D eigenvalue weighted by atomic mass is 19.1. The lowest BCUT2D eigenvalue weighted by molar-refractivity contribution is 0.00514. The van der Waals surface area contributed by atoms with E-state index < -0.39 is 17.2 Å². The second-order valence-electron chi connectivity index (χ2n) is 10.4. The zero-order valence-electron chi connectivity index (χ0n) is 18.5. The van der Waals surface area contributed by atoms with Crippen molar-refractivity contribution in [3.8, 4) is 6.07 Å². The van der Waals surface area contributed by atoms with Crippen LogP contribution in [0.25, 0.3) is 0 Å². The zero-order valence-corrected chi connectivity index (χ0v) is 18.5. The van der Waals surface area contributed by atoms with Gasteiger partial charge in [0.05, 0.1) is 0 Å². The van der Waals surface area contributed by atoms with E-state index in [2.05, 4.69) is 6.92 Å². The average molecular weight is 414 g/mol. The maximum atomic E-state index is 14.1. The van der Waals surface area contributed by atoms with Gasteiger partial charge in [0, 0.05) is 0 Å². The maximum absolute atomic E-state index is 14.1. The quantitative estimate of drug-likeness (QED) is 0.432. The Kier molecular flexibility index (Phi) is 7.12. The van der Waals surface area contributed by atoms with Gasteiger partial charge in [-0.2, -0.15) is 5.26 Å². The molecule has 0 bridgehead atoms. The number of halogens is 2. The molecule has 0 heterocycles. The van der Waals surface area contributed by atoms with Crippen LogP contribution in [0.3, 0.4) is 0 Å². The van der Waals surface area contributed by atoms with Crippen molar-refractivity contribution in [1.82, 2.24) is 0 Å². The van der Waals surface area contributed by atoms with Gasteiger partial charge in [-0.15, -0.1) is 0 Å². The van der Waals surface area contributed by atoms with Gasteiger partial charge in [-0.3, -0.25) is 0 Å². The highest BCUT2D eigenvalue weighted by Gasteiger charge is 2.44. The van der Waals surface area contributed by atoms with Crippen molar-refractivity contribution < 1.29 is 8.78 Å². The largest absolute Gasteiger partial charge is 0.205 e. The average Bonchev–Trinajstić information content (AvgIpc) is 2.76. The minimum absolute atomic E-state index is 0.245. The third-order valence-electron chi connectivity index (χ3n) is 8.76. The standard InChI is InChI=1S/C27H37F2N/c1-2-3-4-5-6-18-7-11-23-20(13-18)8-9-21-14-19(10-12-24(21)23)22-15-26(28)25(17-30)27(29)16-22/h15-16,18-21,23-24H,2-14H2,1H3/t18-,19?,20+,21-,23+,24-/m1/s1. The first kappa shape index (κ1) is 21.8. The molecule has 0 spiro atoms. The van der Waals surface area contributed by atoms with Crippen molar-refractivity contribution >= 4 is 0 Å². The third-order valence-corrected chi connectivity index (χ3v) is 8.76. The van der Waals surface area contributed by atoms with Crippen molar-refractivity contribution in [1.29, 1.82) is 5.26 Å². The van der Waals surface area contributed by atoms with Gasteiger partial charge in [0.1, 0.15) is 23.3 Å². The number of nitriles is 1. The van der Waals surface area contributed by atoms with Crippen molar-refractivity contribution in [3.63, 3.8) is 0 Å². The van der Waals surface area contributed by atoms with E-state index in [0.717, 1.165) is 42.1 Å². The van der Waals surface area contributed by atoms with E-state index in [9.17, 15) is 8.78 Å². The first-order valence-electron chi connectivity index (χ1n) is 12.5. The van der Waals surface area contributed by atoms with Crippen LogP contribution in [0.2, 0.25) is 0 Å². The van der Waals surface area contributed by atoms with Gasteiger partial charge in [0.2, 0.25) is 0 Å². The first-order valence-corrected chi connectivity index (χ1v) is 12.5. The van der Waals surface area contributed by atoms with Gasteiger partial charge in [-0.05, 0) is 98.1 Å². The molecular weight excluding hydrogens is 376 g/mol. The summed E-state index contributed by atoms with van der Waals surface area (Å²) in [6.07, 6.45) is 17.2. The molecule has 0 aromatic heterocycles. The third kappa shape index (κ3) is 4.58. The number of hydrogen-bond acceptors (Lipinski definition) is 1. The second-order valence-corrected chi connectivity index (χ2v) is 10.4. The summed E-state index contributed by atoms with van der Waals surface area (Å²) in [5, 5.41) is 8.93. The normalized spacial score (nSPS) is 33.4. The number of hydrogen-bond donors (Lipinski definition) is 0. The molecule has 3 saturated carbocycles. The minimum atomic E-state index is -0.699. The number of fused-ring (bicyclic) bond motifs is 3. The second kappa shape index (κ2) is 9.80. The smallest absolute Gasteiger partial charge is 0.144 e. The minimum Gasteiger partial charge on any atom is -0.205 e. The van der Waals surface area contributed by atoms with Gasteiger partial charge < -0.3 is 0 Å². The SMILES string of the molecule is CCCCCC[C@@H]1CC[C@H]2[C@@H](CC[C@@H]3CC(c4cc(F)c(C#N)c(F)c4)CC[C@H]32)C1. The summed E-state index contributed by atoms with van der Waals surface area (Å²) >= 11 is 0. The van der Waals surface area contributed by atoms with Gasteiger partial charge in [0.15, 0.2) is 0 Å². The summed E-state index contributed by atoms with van der Waals surface area (Å²) in [6, 6.07) is 4.48. The van der Waals surface area contributed by atoms with Crippen LogP contribution >= 0.6 is 0 Å². The van der Waals surface area contributed by atoms with Crippen LogP contribution in [0.5, 0.6) is 0 Å². The first-order chi connectivity index (χ1) is 14.6. The molecule has 4 rings (SSSR count). The van der Waals surface area contributed by atoms with E-state index in [0.29, 0.717) is 5.92 Å². The topological polar surface area (TPSA) is 23.8 Å². The van der Waals surface area contributed by atoms with Gasteiger partial charge >= 0.3 is 0 Å². The molecule has 0 saturated heterocycles. The van der Waals surface area contributed by atoms with E-state index in [1.54, 1.807) is 6.07 Å². The van der Waals surface area contributed by atoms with Crippen molar-refractivity contribution in [3.05, 3.63) is 34.9 Å². The maximum Gasteiger partial charge on any atom is 0.144 e. The van der Waals surface area contributed by atoms with Crippen LogP contribution in [-0.4, -0.2) is 0 Å². The summed E-state index contributed by atoms with van der Waals surface area (Å²) in [5.41, 5.74) is 0.319. The van der Waals surface area contributed by atoms with Crippen LogP contribution in [0, 0.1) is 52.6 Å². The lowest BCUT2D eigenvalue weighted by Crippen LogP contribution is -2.41. The van der Waals surface area contributed by atoms with Crippen molar-refractivity contribution in [2.45, 2.75) is 96.3 Å². The molecule has 3 heteroatoms. The van der Waals surface area contributed by atoms with Crippen molar-refractivity contribution in [2.24, 2.45) is 29.6 Å². The Bertz CT molecular complexity index is 744. The van der Waals surface area contributed by atoms with E-state index in [-0.39, 0.29) is 5.92 Å². The van der Waals surface area contributed by atoms with E-state index >= 15 is 0 Å². The summed E-state index contributed by atoms with van der Waals surface area (Å²) in [7, 11) is 0. The zero-order chi connectivity index (χ0) is 21.1. The fraction of sp³-hybridized carbons (Fsp3) is 0.741. The molecule has 0 aliphatic heterocycles. The highest BCUT2D eigenvalue weighted by molar-refractivity contribution is 5.36. The molecule has 3 aliphatic carbocycles. The molecule has 1 aromatic rings. The Morgan fingerprint density at radius 2 is 1.53 bits per heavy atom. The van der Waals surface area contributed by atoms with Crippen molar-refractivity contribution in [2.75, 3.05) is 0 Å². The lowest BCUT2D eigenvalue weighted by atomic mass is 9.54. The summed E-state index contributed by atoms with van der Waals surface area (Å²) < 4.78 is 28.3. The number of nitrogens with zero attached hydrogens (tertiary/aromatic N) is 1. The molecule has 0 radical (unpaired) electrons.